The van der Waals surface area contributed by atoms with E-state index in [0.717, 1.165) is 16.1 Å². The zero-order valence-electron chi connectivity index (χ0n) is 17.5. The van der Waals surface area contributed by atoms with Crippen molar-refractivity contribution in [2.45, 2.75) is 11.8 Å². The first-order valence-corrected chi connectivity index (χ1v) is 13.7. The predicted molar refractivity (Wildman–Crippen MR) is 125 cm³/mol. The van der Waals surface area contributed by atoms with Crippen LogP contribution in [0.4, 0.5) is 5.69 Å². The van der Waals surface area contributed by atoms with Crippen LogP contribution < -0.4 is 4.31 Å². The Morgan fingerprint density at radius 3 is 2.06 bits per heavy atom. The number of nitrogens with zero attached hydrogens (tertiary/aromatic N) is 3. The number of hydrogen-bond donors (Lipinski definition) is 0. The SMILES string of the molecule is Cc1ccc(S(=O)(=O)N2CCN(C(=O)CN(c3ccc(Cl)c(Cl)c3)S(C)(=O)=O)CC2)cc1. The quantitative estimate of drug-likeness (QED) is 0.584. The number of anilines is 1. The first-order valence-electron chi connectivity index (χ1n) is 9.67. The summed E-state index contributed by atoms with van der Waals surface area (Å²) in [5.74, 6) is -0.436. The van der Waals surface area contributed by atoms with Crippen LogP contribution in [0, 0.1) is 6.92 Å². The number of benzene rings is 2. The van der Waals surface area contributed by atoms with Gasteiger partial charge in [-0.15, -0.1) is 0 Å². The van der Waals surface area contributed by atoms with Crippen molar-refractivity contribution >= 4 is 54.8 Å². The summed E-state index contributed by atoms with van der Waals surface area (Å²) in [4.78, 5) is 14.5. The summed E-state index contributed by atoms with van der Waals surface area (Å²) in [7, 11) is -7.44. The predicted octanol–water partition coefficient (Wildman–Crippen LogP) is 2.60. The zero-order chi connectivity index (χ0) is 23.7. The van der Waals surface area contributed by atoms with E-state index in [9.17, 15) is 21.6 Å². The molecule has 32 heavy (non-hydrogen) atoms. The largest absolute Gasteiger partial charge is 0.338 e. The maximum absolute atomic E-state index is 12.8. The van der Waals surface area contributed by atoms with Gasteiger partial charge in [0.25, 0.3) is 0 Å². The lowest BCUT2D eigenvalue weighted by molar-refractivity contribution is -0.130. The van der Waals surface area contributed by atoms with E-state index in [2.05, 4.69) is 0 Å². The molecule has 174 valence electrons. The first-order chi connectivity index (χ1) is 14.9. The number of aryl methyl sites for hydroxylation is 1. The summed E-state index contributed by atoms with van der Waals surface area (Å²) in [6.45, 7) is 1.99. The van der Waals surface area contributed by atoms with Crippen molar-refractivity contribution < 1.29 is 21.6 Å². The van der Waals surface area contributed by atoms with Crippen LogP contribution in [-0.2, 0) is 24.8 Å². The van der Waals surface area contributed by atoms with E-state index in [0.29, 0.717) is 0 Å². The molecule has 1 saturated heterocycles. The van der Waals surface area contributed by atoms with E-state index in [1.54, 1.807) is 24.3 Å². The van der Waals surface area contributed by atoms with Gasteiger partial charge in [-0.3, -0.25) is 9.10 Å². The van der Waals surface area contributed by atoms with Crippen LogP contribution in [0.3, 0.4) is 0 Å². The summed E-state index contributed by atoms with van der Waals surface area (Å²) < 4.78 is 52.6. The molecular formula is C20H23Cl2N3O5S2. The monoisotopic (exact) mass is 519 g/mol. The van der Waals surface area contributed by atoms with E-state index >= 15 is 0 Å². The van der Waals surface area contributed by atoms with Gasteiger partial charge in [0.05, 0.1) is 26.9 Å². The lowest BCUT2D eigenvalue weighted by Crippen LogP contribution is -2.53. The van der Waals surface area contributed by atoms with Crippen molar-refractivity contribution in [2.24, 2.45) is 0 Å². The lowest BCUT2D eigenvalue weighted by atomic mass is 10.2. The van der Waals surface area contributed by atoms with Crippen LogP contribution in [0.5, 0.6) is 0 Å². The fourth-order valence-corrected chi connectivity index (χ4v) is 5.86. The van der Waals surface area contributed by atoms with Crippen molar-refractivity contribution in [2.75, 3.05) is 43.3 Å². The topological polar surface area (TPSA) is 95.1 Å². The summed E-state index contributed by atoms with van der Waals surface area (Å²) >= 11 is 11.9. The maximum atomic E-state index is 12.8. The zero-order valence-corrected chi connectivity index (χ0v) is 20.7. The second kappa shape index (κ2) is 9.56. The molecule has 12 heteroatoms. The number of rotatable bonds is 6. The Labute approximate surface area is 198 Å². The molecule has 0 radical (unpaired) electrons. The Hall–Kier alpha value is -1.85. The second-order valence-electron chi connectivity index (χ2n) is 7.47. The van der Waals surface area contributed by atoms with Gasteiger partial charge in [0, 0.05) is 26.2 Å². The van der Waals surface area contributed by atoms with Crippen LogP contribution in [0.1, 0.15) is 5.56 Å². The molecule has 0 spiro atoms. The lowest BCUT2D eigenvalue weighted by Gasteiger charge is -2.35. The molecule has 0 unspecified atom stereocenters. The number of hydrogen-bond acceptors (Lipinski definition) is 5. The van der Waals surface area contributed by atoms with Gasteiger partial charge in [0.2, 0.25) is 26.0 Å². The van der Waals surface area contributed by atoms with Gasteiger partial charge in [-0.1, -0.05) is 40.9 Å². The van der Waals surface area contributed by atoms with E-state index in [1.807, 2.05) is 6.92 Å². The number of carbonyl (C=O) groups excluding carboxylic acids is 1. The highest BCUT2D eigenvalue weighted by atomic mass is 35.5. The highest BCUT2D eigenvalue weighted by Gasteiger charge is 2.31. The van der Waals surface area contributed by atoms with E-state index in [4.69, 9.17) is 23.2 Å². The van der Waals surface area contributed by atoms with Crippen molar-refractivity contribution in [3.05, 3.63) is 58.1 Å². The third-order valence-corrected chi connectivity index (χ3v) is 8.91. The van der Waals surface area contributed by atoms with Crippen molar-refractivity contribution in [1.29, 1.82) is 0 Å². The molecule has 0 saturated carbocycles. The molecule has 0 N–H and O–H groups in total. The Morgan fingerprint density at radius 1 is 0.938 bits per heavy atom. The molecule has 1 heterocycles. The van der Waals surface area contributed by atoms with Crippen molar-refractivity contribution in [3.8, 4) is 0 Å². The summed E-state index contributed by atoms with van der Waals surface area (Å²) in [6, 6.07) is 10.9. The van der Waals surface area contributed by atoms with Gasteiger partial charge in [0.15, 0.2) is 0 Å². The van der Waals surface area contributed by atoms with Gasteiger partial charge < -0.3 is 4.90 Å². The number of sulfonamides is 2. The molecule has 2 aromatic rings. The molecule has 0 bridgehead atoms. The number of amides is 1. The average molecular weight is 520 g/mol. The van der Waals surface area contributed by atoms with Gasteiger partial charge in [0.1, 0.15) is 6.54 Å². The van der Waals surface area contributed by atoms with E-state index < -0.39 is 32.5 Å². The summed E-state index contributed by atoms with van der Waals surface area (Å²) in [5, 5.41) is 0.432. The van der Waals surface area contributed by atoms with Crippen molar-refractivity contribution in [3.63, 3.8) is 0 Å². The van der Waals surface area contributed by atoms with Crippen LogP contribution in [-0.4, -0.2) is 70.9 Å². The van der Waals surface area contributed by atoms with Crippen LogP contribution in [0.15, 0.2) is 47.4 Å². The van der Waals surface area contributed by atoms with Crippen LogP contribution in [0.2, 0.25) is 10.0 Å². The third kappa shape index (κ3) is 5.55. The first kappa shape index (κ1) is 24.8. The van der Waals surface area contributed by atoms with Crippen LogP contribution >= 0.6 is 23.2 Å². The average Bonchev–Trinajstić information content (AvgIpc) is 2.73. The molecule has 0 aliphatic carbocycles. The van der Waals surface area contributed by atoms with E-state index in [-0.39, 0.29) is 46.8 Å². The molecule has 8 nitrogen and oxygen atoms in total. The van der Waals surface area contributed by atoms with E-state index in [1.165, 1.54) is 27.4 Å². The van der Waals surface area contributed by atoms with Gasteiger partial charge in [-0.05, 0) is 37.3 Å². The molecular weight excluding hydrogens is 497 g/mol. The fourth-order valence-electron chi connectivity index (χ4n) is 3.30. The summed E-state index contributed by atoms with van der Waals surface area (Å²) in [5.41, 5.74) is 1.17. The smallest absolute Gasteiger partial charge is 0.243 e. The minimum absolute atomic E-state index is 0.119. The Kier molecular flexibility index (Phi) is 7.41. The Bertz CT molecular complexity index is 1210. The van der Waals surface area contributed by atoms with Crippen molar-refractivity contribution in [1.82, 2.24) is 9.21 Å². The summed E-state index contributed by atoms with van der Waals surface area (Å²) in [6.07, 6.45) is 0.995. The van der Waals surface area contributed by atoms with Gasteiger partial charge in [-0.2, -0.15) is 4.31 Å². The molecule has 1 aliphatic rings. The normalized spacial score (nSPS) is 15.6. The third-order valence-electron chi connectivity index (χ3n) is 5.12. The second-order valence-corrected chi connectivity index (χ2v) is 12.1. The molecule has 3 rings (SSSR count). The Morgan fingerprint density at radius 2 is 1.53 bits per heavy atom. The number of halogens is 2. The molecule has 0 atom stereocenters. The fraction of sp³-hybridized carbons (Fsp3) is 0.350. The number of piperazine rings is 1. The maximum Gasteiger partial charge on any atom is 0.243 e. The molecule has 0 aromatic heterocycles. The highest BCUT2D eigenvalue weighted by molar-refractivity contribution is 7.92. The van der Waals surface area contributed by atoms with Gasteiger partial charge in [-0.25, -0.2) is 16.8 Å². The molecule has 1 aliphatic heterocycles. The molecule has 1 amide bonds. The standard InChI is InChI=1S/C20H23Cl2N3O5S2/c1-15-3-6-17(7-4-15)32(29,30)24-11-9-23(10-12-24)20(26)14-25(31(2,27)28)16-5-8-18(21)19(22)13-16/h3-8,13H,9-12,14H2,1-2H3. The minimum Gasteiger partial charge on any atom is -0.338 e. The molecule has 2 aromatic carbocycles. The van der Waals surface area contributed by atoms with Crippen LogP contribution in [0.25, 0.3) is 0 Å². The Balaban J connectivity index is 1.70. The molecule has 1 fully saturated rings. The van der Waals surface area contributed by atoms with Gasteiger partial charge >= 0.3 is 0 Å². The number of carbonyl (C=O) groups is 1. The highest BCUT2D eigenvalue weighted by Crippen LogP contribution is 2.28. The minimum atomic E-state index is -3.78.